The molecule has 1 aromatic carbocycles. The quantitative estimate of drug-likeness (QED) is 0.635. The molecule has 0 aliphatic heterocycles. The molecule has 0 bridgehead atoms. The molecule has 1 rings (SSSR count). The summed E-state index contributed by atoms with van der Waals surface area (Å²) in [5, 5.41) is 7.49. The van der Waals surface area contributed by atoms with Crippen LogP contribution in [0.2, 0.25) is 0 Å². The van der Waals surface area contributed by atoms with Crippen molar-refractivity contribution >= 4 is 24.1 Å². The van der Waals surface area contributed by atoms with Gasteiger partial charge in [-0.15, -0.1) is 0 Å². The van der Waals surface area contributed by atoms with Crippen LogP contribution in [0.4, 0.5) is 9.59 Å². The lowest BCUT2D eigenvalue weighted by Gasteiger charge is -2.02. The van der Waals surface area contributed by atoms with Crippen LogP contribution < -0.4 is 10.9 Å². The van der Waals surface area contributed by atoms with Crippen LogP contribution in [0.15, 0.2) is 40.5 Å². The second-order valence-electron chi connectivity index (χ2n) is 3.33. The Kier molecular flexibility index (Phi) is 6.25. The molecule has 0 radical (unpaired) electrons. The maximum absolute atomic E-state index is 11.0. The molecule has 8 heteroatoms. The van der Waals surface area contributed by atoms with E-state index in [-0.39, 0.29) is 0 Å². The highest BCUT2D eigenvalue weighted by molar-refractivity contribution is 6.38. The molecule has 0 fully saturated rings. The van der Waals surface area contributed by atoms with Crippen molar-refractivity contribution in [1.82, 2.24) is 10.9 Å². The molecule has 8 nitrogen and oxygen atoms in total. The summed E-state index contributed by atoms with van der Waals surface area (Å²) in [4.78, 5) is 21.9. The normalized spacial score (nSPS) is 11.0. The average molecular weight is 278 g/mol. The number of ether oxygens (including phenoxy) is 2. The fraction of sp³-hybridized carbons (Fsp3) is 0.167. The Labute approximate surface area is 115 Å². The third kappa shape index (κ3) is 5.17. The first-order valence-electron chi connectivity index (χ1n) is 5.51. The summed E-state index contributed by atoms with van der Waals surface area (Å²) in [6.45, 7) is 0. The number of hydrogen-bond acceptors (Lipinski definition) is 6. The zero-order valence-corrected chi connectivity index (χ0v) is 11.0. The first-order chi connectivity index (χ1) is 9.67. The first-order valence-corrected chi connectivity index (χ1v) is 5.51. The number of hydrazone groups is 2. The van der Waals surface area contributed by atoms with E-state index in [9.17, 15) is 9.59 Å². The van der Waals surface area contributed by atoms with Crippen LogP contribution in [0.5, 0.6) is 0 Å². The molecule has 0 aromatic heterocycles. The van der Waals surface area contributed by atoms with Crippen LogP contribution in [-0.4, -0.2) is 38.3 Å². The van der Waals surface area contributed by atoms with E-state index in [0.717, 1.165) is 0 Å². The number of carbonyl (C=O) groups is 2. The van der Waals surface area contributed by atoms with E-state index in [1.165, 1.54) is 20.4 Å². The molecule has 106 valence electrons. The molecule has 0 unspecified atom stereocenters. The van der Waals surface area contributed by atoms with Crippen molar-refractivity contribution in [3.63, 3.8) is 0 Å². The number of carbonyl (C=O) groups excluding carboxylic acids is 2. The van der Waals surface area contributed by atoms with E-state index < -0.39 is 12.2 Å². The van der Waals surface area contributed by atoms with E-state index in [1.807, 2.05) is 6.07 Å². The van der Waals surface area contributed by atoms with Gasteiger partial charge in [-0.1, -0.05) is 30.3 Å². The largest absolute Gasteiger partial charge is 0.452 e. The highest BCUT2D eigenvalue weighted by Gasteiger charge is 2.03. The van der Waals surface area contributed by atoms with Crippen molar-refractivity contribution in [2.45, 2.75) is 0 Å². The SMILES string of the molecule is COC(=O)N/N=C(\C=N\NC(=O)OC)c1ccccc1. The second-order valence-corrected chi connectivity index (χ2v) is 3.33. The lowest BCUT2D eigenvalue weighted by molar-refractivity contribution is 0.170. The van der Waals surface area contributed by atoms with Gasteiger partial charge in [0.15, 0.2) is 0 Å². The standard InChI is InChI=1S/C12H14N4O4/c1-19-11(17)15-13-8-10(14-16-12(18)20-2)9-6-4-3-5-7-9/h3-8H,1-2H3,(H,15,17)(H,16,18)/b13-8+,14-10+. The number of nitrogens with one attached hydrogen (secondary N) is 2. The Hall–Kier alpha value is -2.90. The molecule has 0 saturated carbocycles. The summed E-state index contributed by atoms with van der Waals surface area (Å²) < 4.78 is 8.77. The zero-order chi connectivity index (χ0) is 14.8. The summed E-state index contributed by atoms with van der Waals surface area (Å²) in [6.07, 6.45) is -0.162. The monoisotopic (exact) mass is 278 g/mol. The van der Waals surface area contributed by atoms with Crippen LogP contribution >= 0.6 is 0 Å². The van der Waals surface area contributed by atoms with Gasteiger partial charge < -0.3 is 9.47 Å². The molecule has 0 spiro atoms. The lowest BCUT2D eigenvalue weighted by atomic mass is 10.1. The van der Waals surface area contributed by atoms with Gasteiger partial charge in [-0.3, -0.25) is 0 Å². The minimum Gasteiger partial charge on any atom is -0.452 e. The number of amides is 2. The van der Waals surface area contributed by atoms with Crippen molar-refractivity contribution in [3.8, 4) is 0 Å². The van der Waals surface area contributed by atoms with E-state index >= 15 is 0 Å². The molecule has 0 saturated heterocycles. The molecule has 2 N–H and O–H groups in total. The maximum atomic E-state index is 11.0. The Morgan fingerprint density at radius 1 is 1.05 bits per heavy atom. The van der Waals surface area contributed by atoms with Crippen LogP contribution in [0.25, 0.3) is 0 Å². The van der Waals surface area contributed by atoms with Crippen molar-refractivity contribution in [2.24, 2.45) is 10.2 Å². The fourth-order valence-corrected chi connectivity index (χ4v) is 1.12. The van der Waals surface area contributed by atoms with E-state index in [4.69, 9.17) is 0 Å². The summed E-state index contributed by atoms with van der Waals surface area (Å²) in [6, 6.07) is 8.96. The van der Waals surface area contributed by atoms with Crippen molar-refractivity contribution in [1.29, 1.82) is 0 Å². The Bertz CT molecular complexity index is 513. The summed E-state index contributed by atoms with van der Waals surface area (Å²) in [5.74, 6) is 0. The Morgan fingerprint density at radius 3 is 2.25 bits per heavy atom. The van der Waals surface area contributed by atoms with Gasteiger partial charge in [-0.05, 0) is 0 Å². The van der Waals surface area contributed by atoms with Crippen LogP contribution in [0.1, 0.15) is 5.56 Å². The molecule has 20 heavy (non-hydrogen) atoms. The molecular formula is C12H14N4O4. The van der Waals surface area contributed by atoms with Gasteiger partial charge >= 0.3 is 12.2 Å². The van der Waals surface area contributed by atoms with Gasteiger partial charge in [0.2, 0.25) is 0 Å². The van der Waals surface area contributed by atoms with E-state index in [0.29, 0.717) is 11.3 Å². The molecule has 0 aliphatic rings. The number of hydrogen-bond donors (Lipinski definition) is 2. The number of nitrogens with zero attached hydrogens (tertiary/aromatic N) is 2. The van der Waals surface area contributed by atoms with Crippen molar-refractivity contribution in [2.75, 3.05) is 14.2 Å². The highest BCUT2D eigenvalue weighted by atomic mass is 16.5. The van der Waals surface area contributed by atoms with Crippen molar-refractivity contribution in [3.05, 3.63) is 35.9 Å². The molecular weight excluding hydrogens is 264 g/mol. The Balaban J connectivity index is 2.85. The molecule has 1 aromatic rings. The first kappa shape index (κ1) is 15.2. The summed E-state index contributed by atoms with van der Waals surface area (Å²) in [5.41, 5.74) is 5.31. The third-order valence-corrected chi connectivity index (χ3v) is 2.05. The molecule has 0 atom stereocenters. The number of methoxy groups -OCH3 is 2. The van der Waals surface area contributed by atoms with Gasteiger partial charge in [0.1, 0.15) is 5.71 Å². The summed E-state index contributed by atoms with van der Waals surface area (Å²) in [7, 11) is 2.44. The molecule has 0 aliphatic carbocycles. The lowest BCUT2D eigenvalue weighted by Crippen LogP contribution is -2.22. The predicted octanol–water partition coefficient (Wildman–Crippen LogP) is 1.09. The minimum absolute atomic E-state index is 0.326. The van der Waals surface area contributed by atoms with Crippen LogP contribution in [0.3, 0.4) is 0 Å². The summed E-state index contributed by atoms with van der Waals surface area (Å²) >= 11 is 0. The molecule has 2 amide bonds. The van der Waals surface area contributed by atoms with Gasteiger partial charge in [-0.25, -0.2) is 20.4 Å². The third-order valence-electron chi connectivity index (χ3n) is 2.05. The van der Waals surface area contributed by atoms with Gasteiger partial charge in [0, 0.05) is 5.56 Å². The highest BCUT2D eigenvalue weighted by Crippen LogP contribution is 1.99. The molecule has 0 heterocycles. The number of benzene rings is 1. The minimum atomic E-state index is -0.715. The topological polar surface area (TPSA) is 101 Å². The maximum Gasteiger partial charge on any atom is 0.427 e. The van der Waals surface area contributed by atoms with Crippen LogP contribution in [0, 0.1) is 0 Å². The van der Waals surface area contributed by atoms with E-state index in [1.54, 1.807) is 24.3 Å². The number of rotatable bonds is 4. The second kappa shape index (κ2) is 8.25. The van der Waals surface area contributed by atoms with E-state index in [2.05, 4.69) is 30.5 Å². The fourth-order valence-electron chi connectivity index (χ4n) is 1.12. The van der Waals surface area contributed by atoms with Gasteiger partial charge in [-0.2, -0.15) is 10.2 Å². The Morgan fingerprint density at radius 2 is 1.65 bits per heavy atom. The van der Waals surface area contributed by atoms with Crippen molar-refractivity contribution < 1.29 is 19.1 Å². The zero-order valence-electron chi connectivity index (χ0n) is 11.0. The smallest absolute Gasteiger partial charge is 0.427 e. The predicted molar refractivity (Wildman–Crippen MR) is 72.6 cm³/mol. The van der Waals surface area contributed by atoms with Gasteiger partial charge in [0.25, 0.3) is 0 Å². The van der Waals surface area contributed by atoms with Crippen LogP contribution in [-0.2, 0) is 9.47 Å². The van der Waals surface area contributed by atoms with Gasteiger partial charge in [0.05, 0.1) is 20.4 Å². The average Bonchev–Trinajstić information content (AvgIpc) is 2.50.